The van der Waals surface area contributed by atoms with Crippen molar-refractivity contribution < 1.29 is 10.2 Å². The molecule has 6 N–H and O–H groups in total. The standard InChI is InChI=1S/C9H22N2O2/c10-6-5-9(11,3-1-7-12)4-2-8-13/h12-13H,1-8,10-11H2. The van der Waals surface area contributed by atoms with E-state index >= 15 is 0 Å². The minimum Gasteiger partial charge on any atom is -0.396 e. The summed E-state index contributed by atoms with van der Waals surface area (Å²) in [6.07, 6.45) is 3.73. The van der Waals surface area contributed by atoms with Crippen molar-refractivity contribution in [3.63, 3.8) is 0 Å². The van der Waals surface area contributed by atoms with Gasteiger partial charge in [-0.25, -0.2) is 0 Å². The second-order valence-corrected chi connectivity index (χ2v) is 3.56. The maximum Gasteiger partial charge on any atom is 0.0431 e. The topological polar surface area (TPSA) is 92.5 Å². The van der Waals surface area contributed by atoms with Gasteiger partial charge in [0.25, 0.3) is 0 Å². The summed E-state index contributed by atoms with van der Waals surface area (Å²) in [6.45, 7) is 0.901. The lowest BCUT2D eigenvalue weighted by molar-refractivity contribution is 0.226. The highest BCUT2D eigenvalue weighted by Crippen LogP contribution is 2.19. The van der Waals surface area contributed by atoms with Gasteiger partial charge in [-0.2, -0.15) is 0 Å². The van der Waals surface area contributed by atoms with Gasteiger partial charge in [-0.05, 0) is 38.6 Å². The fourth-order valence-electron chi connectivity index (χ4n) is 1.52. The van der Waals surface area contributed by atoms with E-state index in [4.69, 9.17) is 21.7 Å². The molecule has 0 aromatic carbocycles. The predicted molar refractivity (Wildman–Crippen MR) is 53.2 cm³/mol. The highest BCUT2D eigenvalue weighted by Gasteiger charge is 2.22. The van der Waals surface area contributed by atoms with Crippen LogP contribution in [0, 0.1) is 0 Å². The molecule has 0 bridgehead atoms. The van der Waals surface area contributed by atoms with Crippen LogP contribution in [-0.4, -0.2) is 35.5 Å². The van der Waals surface area contributed by atoms with Gasteiger partial charge in [-0.3, -0.25) is 0 Å². The van der Waals surface area contributed by atoms with Crippen LogP contribution in [0.5, 0.6) is 0 Å². The zero-order chi connectivity index (χ0) is 10.2. The molecule has 0 aliphatic carbocycles. The molecule has 13 heavy (non-hydrogen) atoms. The van der Waals surface area contributed by atoms with Crippen LogP contribution in [0.1, 0.15) is 32.1 Å². The summed E-state index contributed by atoms with van der Waals surface area (Å²) in [5, 5.41) is 17.4. The third-order valence-electron chi connectivity index (χ3n) is 2.31. The SMILES string of the molecule is NCCC(N)(CCCO)CCCO. The normalized spacial score (nSPS) is 12.0. The summed E-state index contributed by atoms with van der Waals surface area (Å²) in [7, 11) is 0. The molecule has 0 unspecified atom stereocenters. The van der Waals surface area contributed by atoms with Crippen LogP contribution in [0.4, 0.5) is 0 Å². The van der Waals surface area contributed by atoms with E-state index in [1.165, 1.54) is 0 Å². The first kappa shape index (κ1) is 12.8. The molecule has 0 heterocycles. The molecule has 0 aliphatic heterocycles. The van der Waals surface area contributed by atoms with Gasteiger partial charge in [0.05, 0.1) is 0 Å². The Morgan fingerprint density at radius 3 is 1.69 bits per heavy atom. The lowest BCUT2D eigenvalue weighted by Gasteiger charge is -2.28. The number of nitrogens with two attached hydrogens (primary N) is 2. The molecule has 0 saturated carbocycles. The fraction of sp³-hybridized carbons (Fsp3) is 1.00. The molecule has 0 aromatic rings. The Balaban J connectivity index is 3.84. The summed E-state index contributed by atoms with van der Waals surface area (Å²) >= 11 is 0. The van der Waals surface area contributed by atoms with Gasteiger partial charge in [-0.1, -0.05) is 0 Å². The van der Waals surface area contributed by atoms with E-state index < -0.39 is 0 Å². The fourth-order valence-corrected chi connectivity index (χ4v) is 1.52. The molecule has 0 fully saturated rings. The minimum atomic E-state index is -0.291. The summed E-state index contributed by atoms with van der Waals surface area (Å²) in [6, 6.07) is 0. The molecule has 0 aromatic heterocycles. The van der Waals surface area contributed by atoms with E-state index in [0.717, 1.165) is 19.3 Å². The van der Waals surface area contributed by atoms with Gasteiger partial charge in [-0.15, -0.1) is 0 Å². The number of hydrogen-bond donors (Lipinski definition) is 4. The summed E-state index contributed by atoms with van der Waals surface area (Å²) in [5.74, 6) is 0. The molecular weight excluding hydrogens is 168 g/mol. The number of hydrogen-bond acceptors (Lipinski definition) is 4. The molecular formula is C9H22N2O2. The average Bonchev–Trinajstić information content (AvgIpc) is 2.12. The van der Waals surface area contributed by atoms with E-state index in [1.807, 2.05) is 0 Å². The minimum absolute atomic E-state index is 0.169. The third kappa shape index (κ3) is 5.99. The molecule has 0 spiro atoms. The smallest absolute Gasteiger partial charge is 0.0431 e. The maximum absolute atomic E-state index is 8.69. The number of aliphatic hydroxyl groups excluding tert-OH is 2. The van der Waals surface area contributed by atoms with Gasteiger partial charge in [0.2, 0.25) is 0 Å². The Hall–Kier alpha value is -0.160. The largest absolute Gasteiger partial charge is 0.396 e. The molecule has 0 amide bonds. The molecule has 0 aliphatic rings. The maximum atomic E-state index is 8.69. The van der Waals surface area contributed by atoms with Gasteiger partial charge < -0.3 is 21.7 Å². The molecule has 0 atom stereocenters. The Kier molecular flexibility index (Phi) is 7.17. The molecule has 4 heteroatoms. The first-order chi connectivity index (χ1) is 6.18. The zero-order valence-electron chi connectivity index (χ0n) is 8.21. The lowest BCUT2D eigenvalue weighted by atomic mass is 9.86. The Labute approximate surface area is 79.9 Å². The van der Waals surface area contributed by atoms with Crippen molar-refractivity contribution in [1.29, 1.82) is 0 Å². The highest BCUT2D eigenvalue weighted by molar-refractivity contribution is 4.84. The van der Waals surface area contributed by atoms with Crippen LogP contribution in [0.15, 0.2) is 0 Å². The van der Waals surface area contributed by atoms with Crippen LogP contribution in [-0.2, 0) is 0 Å². The van der Waals surface area contributed by atoms with Crippen LogP contribution >= 0.6 is 0 Å². The number of aliphatic hydroxyl groups is 2. The van der Waals surface area contributed by atoms with Gasteiger partial charge in [0.15, 0.2) is 0 Å². The van der Waals surface area contributed by atoms with Crippen molar-refractivity contribution in [2.45, 2.75) is 37.6 Å². The van der Waals surface area contributed by atoms with Crippen LogP contribution < -0.4 is 11.5 Å². The van der Waals surface area contributed by atoms with E-state index in [2.05, 4.69) is 0 Å². The third-order valence-corrected chi connectivity index (χ3v) is 2.31. The van der Waals surface area contributed by atoms with E-state index in [1.54, 1.807) is 0 Å². The highest BCUT2D eigenvalue weighted by atomic mass is 16.3. The lowest BCUT2D eigenvalue weighted by Crippen LogP contribution is -2.42. The van der Waals surface area contributed by atoms with Crippen molar-refractivity contribution in [3.05, 3.63) is 0 Å². The van der Waals surface area contributed by atoms with Gasteiger partial charge in [0, 0.05) is 18.8 Å². The second-order valence-electron chi connectivity index (χ2n) is 3.56. The first-order valence-corrected chi connectivity index (χ1v) is 4.89. The summed E-state index contributed by atoms with van der Waals surface area (Å²) in [5.41, 5.74) is 11.2. The molecule has 4 nitrogen and oxygen atoms in total. The molecule has 0 saturated heterocycles. The molecule has 80 valence electrons. The molecule has 0 rings (SSSR count). The van der Waals surface area contributed by atoms with E-state index in [9.17, 15) is 0 Å². The van der Waals surface area contributed by atoms with Crippen molar-refractivity contribution in [2.75, 3.05) is 19.8 Å². The Morgan fingerprint density at radius 2 is 1.38 bits per heavy atom. The summed E-state index contributed by atoms with van der Waals surface area (Å²) < 4.78 is 0. The van der Waals surface area contributed by atoms with Crippen LogP contribution in [0.3, 0.4) is 0 Å². The van der Waals surface area contributed by atoms with Gasteiger partial charge in [0.1, 0.15) is 0 Å². The van der Waals surface area contributed by atoms with Crippen molar-refractivity contribution in [2.24, 2.45) is 11.5 Å². The Morgan fingerprint density at radius 1 is 0.923 bits per heavy atom. The monoisotopic (exact) mass is 190 g/mol. The molecule has 0 radical (unpaired) electrons. The van der Waals surface area contributed by atoms with Crippen LogP contribution in [0.25, 0.3) is 0 Å². The quantitative estimate of drug-likeness (QED) is 0.418. The van der Waals surface area contributed by atoms with Crippen molar-refractivity contribution in [1.82, 2.24) is 0 Å². The first-order valence-electron chi connectivity index (χ1n) is 4.89. The zero-order valence-corrected chi connectivity index (χ0v) is 8.21. The number of rotatable bonds is 8. The Bertz CT molecular complexity index is 112. The van der Waals surface area contributed by atoms with Crippen molar-refractivity contribution >= 4 is 0 Å². The summed E-state index contributed by atoms with van der Waals surface area (Å²) in [4.78, 5) is 0. The predicted octanol–water partition coefficient (Wildman–Crippen LogP) is -0.422. The second kappa shape index (κ2) is 7.26. The average molecular weight is 190 g/mol. The van der Waals surface area contributed by atoms with Crippen LogP contribution in [0.2, 0.25) is 0 Å². The van der Waals surface area contributed by atoms with E-state index in [0.29, 0.717) is 19.4 Å². The van der Waals surface area contributed by atoms with E-state index in [-0.39, 0.29) is 18.8 Å². The van der Waals surface area contributed by atoms with Crippen molar-refractivity contribution in [3.8, 4) is 0 Å². The van der Waals surface area contributed by atoms with Gasteiger partial charge >= 0.3 is 0 Å².